The molecule has 2 N–H and O–H groups in total. The number of alkyl halides is 6. The van der Waals surface area contributed by atoms with Gasteiger partial charge in [-0.15, -0.1) is 0 Å². The molecule has 0 spiro atoms. The Kier molecular flexibility index (Phi) is 3.69. The first-order chi connectivity index (χ1) is 14.4. The van der Waals surface area contributed by atoms with Gasteiger partial charge in [-0.05, 0) is 31.7 Å². The van der Waals surface area contributed by atoms with Gasteiger partial charge in [-0.25, -0.2) is 14.3 Å². The molecule has 0 atom stereocenters. The van der Waals surface area contributed by atoms with Crippen molar-refractivity contribution >= 4 is 5.65 Å². The monoisotopic (exact) mass is 445 g/mol. The molecule has 0 unspecified atom stereocenters. The molecule has 3 aromatic heterocycles. The van der Waals surface area contributed by atoms with Gasteiger partial charge in [0.25, 0.3) is 5.56 Å². The minimum atomic E-state index is -4.67. The zero-order chi connectivity index (χ0) is 22.4. The number of hydrogen-bond acceptors (Lipinski definition) is 4. The average Bonchev–Trinajstić information content (AvgIpc) is 3.55. The topological polar surface area (TPSA) is 95.9 Å². The summed E-state index contributed by atoms with van der Waals surface area (Å²) in [5.41, 5.74) is -7.74. The number of aromatic nitrogens is 5. The molecule has 13 heteroatoms. The zero-order valence-corrected chi connectivity index (χ0v) is 15.5. The van der Waals surface area contributed by atoms with Crippen LogP contribution in [0.1, 0.15) is 36.9 Å². The lowest BCUT2D eigenvalue weighted by Gasteiger charge is -2.20. The van der Waals surface area contributed by atoms with Crippen molar-refractivity contribution in [3.8, 4) is 11.3 Å². The number of nitrogens with one attached hydrogen (secondary N) is 2. The molecular formula is C18H13F6N5O2. The van der Waals surface area contributed by atoms with Crippen LogP contribution in [0.3, 0.4) is 0 Å². The van der Waals surface area contributed by atoms with Crippen LogP contribution in [-0.4, -0.2) is 36.9 Å². The highest BCUT2D eigenvalue weighted by Gasteiger charge is 2.67. The Morgan fingerprint density at radius 1 is 0.968 bits per heavy atom. The van der Waals surface area contributed by atoms with Gasteiger partial charge in [0.1, 0.15) is 5.41 Å². The van der Waals surface area contributed by atoms with Crippen molar-refractivity contribution in [2.24, 2.45) is 0 Å². The van der Waals surface area contributed by atoms with E-state index in [-0.39, 0.29) is 48.2 Å². The summed E-state index contributed by atoms with van der Waals surface area (Å²) in [4.78, 5) is 31.5. The Labute approximate surface area is 168 Å². The number of fused-ring (bicyclic) bond motifs is 1. The summed E-state index contributed by atoms with van der Waals surface area (Å²) < 4.78 is 83.1. The number of nitrogens with zero attached hydrogens (tertiary/aromatic N) is 3. The smallest absolute Gasteiger partial charge is 0.313 e. The maximum absolute atomic E-state index is 13.9. The van der Waals surface area contributed by atoms with Crippen molar-refractivity contribution in [1.29, 1.82) is 0 Å². The molecule has 2 aliphatic carbocycles. The molecule has 0 bridgehead atoms. The Hall–Kier alpha value is -3.12. The Balaban J connectivity index is 1.78. The summed E-state index contributed by atoms with van der Waals surface area (Å²) >= 11 is 0. The molecule has 5 rings (SSSR count). The van der Waals surface area contributed by atoms with E-state index in [4.69, 9.17) is 0 Å². The van der Waals surface area contributed by atoms with Crippen molar-refractivity contribution < 1.29 is 26.3 Å². The summed E-state index contributed by atoms with van der Waals surface area (Å²) in [5.74, 6) is 0. The molecule has 7 nitrogen and oxygen atoms in total. The third-order valence-electron chi connectivity index (χ3n) is 6.11. The third-order valence-corrected chi connectivity index (χ3v) is 6.11. The van der Waals surface area contributed by atoms with E-state index in [1.165, 1.54) is 0 Å². The second kappa shape index (κ2) is 5.77. The number of rotatable bonds is 3. The summed E-state index contributed by atoms with van der Waals surface area (Å²) in [7, 11) is 0. The first-order valence-electron chi connectivity index (χ1n) is 9.25. The largest absolute Gasteiger partial charge is 0.400 e. The number of H-pyrrole nitrogens is 2. The van der Waals surface area contributed by atoms with Crippen LogP contribution >= 0.6 is 0 Å². The predicted octanol–water partition coefficient (Wildman–Crippen LogP) is 2.96. The fourth-order valence-corrected chi connectivity index (χ4v) is 3.93. The molecule has 0 amide bonds. The normalized spacial score (nSPS) is 19.5. The zero-order valence-electron chi connectivity index (χ0n) is 15.5. The first kappa shape index (κ1) is 19.8. The van der Waals surface area contributed by atoms with E-state index < -0.39 is 40.1 Å². The number of hydrogen-bond donors (Lipinski definition) is 2. The molecule has 31 heavy (non-hydrogen) atoms. The van der Waals surface area contributed by atoms with E-state index >= 15 is 0 Å². The average molecular weight is 445 g/mol. The third kappa shape index (κ3) is 2.74. The highest BCUT2D eigenvalue weighted by Crippen LogP contribution is 2.61. The van der Waals surface area contributed by atoms with Crippen LogP contribution in [0.2, 0.25) is 0 Å². The van der Waals surface area contributed by atoms with Crippen LogP contribution < -0.4 is 11.2 Å². The lowest BCUT2D eigenvalue weighted by Crippen LogP contribution is -2.30. The molecule has 0 aliphatic heterocycles. The van der Waals surface area contributed by atoms with Crippen molar-refractivity contribution in [2.75, 3.05) is 0 Å². The summed E-state index contributed by atoms with van der Waals surface area (Å²) in [5, 5.41) is 4.04. The number of aromatic amines is 2. The Morgan fingerprint density at radius 3 is 2.10 bits per heavy atom. The van der Waals surface area contributed by atoms with Crippen LogP contribution in [0, 0.1) is 0 Å². The summed E-state index contributed by atoms with van der Waals surface area (Å²) in [6, 6.07) is 1.02. The SMILES string of the molecule is O=c1[nH]cc(-c2cc(C3(C(F)(F)F)CC3)c3nc(C4(C(F)(F)F)CC4)cn3n2)c(=O)[nH]1. The van der Waals surface area contributed by atoms with Crippen molar-refractivity contribution in [3.63, 3.8) is 0 Å². The van der Waals surface area contributed by atoms with Crippen LogP contribution in [0.4, 0.5) is 26.3 Å². The predicted molar refractivity (Wildman–Crippen MR) is 93.6 cm³/mol. The fraction of sp³-hybridized carbons (Fsp3) is 0.444. The van der Waals surface area contributed by atoms with Crippen molar-refractivity contribution in [3.05, 3.63) is 50.6 Å². The highest BCUT2D eigenvalue weighted by atomic mass is 19.4. The van der Waals surface area contributed by atoms with Gasteiger partial charge >= 0.3 is 18.0 Å². The van der Waals surface area contributed by atoms with E-state index in [0.29, 0.717) is 0 Å². The molecule has 3 aromatic rings. The molecular weight excluding hydrogens is 432 g/mol. The van der Waals surface area contributed by atoms with Gasteiger partial charge in [0, 0.05) is 11.8 Å². The van der Waals surface area contributed by atoms with Gasteiger partial charge in [0.2, 0.25) is 0 Å². The van der Waals surface area contributed by atoms with Crippen LogP contribution in [0.15, 0.2) is 28.0 Å². The maximum Gasteiger partial charge on any atom is 0.400 e. The van der Waals surface area contributed by atoms with E-state index in [1.807, 2.05) is 4.98 Å². The van der Waals surface area contributed by atoms with Crippen molar-refractivity contribution in [1.82, 2.24) is 24.6 Å². The maximum atomic E-state index is 13.9. The molecule has 2 aliphatic rings. The fourth-order valence-electron chi connectivity index (χ4n) is 3.93. The van der Waals surface area contributed by atoms with Gasteiger partial charge in [-0.2, -0.15) is 31.4 Å². The molecule has 0 radical (unpaired) electrons. The molecule has 3 heterocycles. The molecule has 2 fully saturated rings. The van der Waals surface area contributed by atoms with Gasteiger partial charge in [0.15, 0.2) is 5.65 Å². The molecule has 164 valence electrons. The summed E-state index contributed by atoms with van der Waals surface area (Å²) in [6.45, 7) is 0. The van der Waals surface area contributed by atoms with Crippen LogP contribution in [0.5, 0.6) is 0 Å². The van der Waals surface area contributed by atoms with E-state index in [1.54, 1.807) is 0 Å². The van der Waals surface area contributed by atoms with Crippen LogP contribution in [0.25, 0.3) is 16.9 Å². The Morgan fingerprint density at radius 2 is 1.58 bits per heavy atom. The lowest BCUT2D eigenvalue weighted by molar-refractivity contribution is -0.162. The van der Waals surface area contributed by atoms with E-state index in [0.717, 1.165) is 23.0 Å². The van der Waals surface area contributed by atoms with Crippen molar-refractivity contribution in [2.45, 2.75) is 48.9 Å². The first-order valence-corrected chi connectivity index (χ1v) is 9.25. The van der Waals surface area contributed by atoms with Gasteiger partial charge in [-0.3, -0.25) is 9.78 Å². The quantitative estimate of drug-likeness (QED) is 0.606. The minimum Gasteiger partial charge on any atom is -0.313 e. The summed E-state index contributed by atoms with van der Waals surface area (Å²) in [6.07, 6.45) is -8.27. The van der Waals surface area contributed by atoms with Gasteiger partial charge in [-0.1, -0.05) is 0 Å². The lowest BCUT2D eigenvalue weighted by atomic mass is 9.95. The number of halogens is 6. The Bertz CT molecular complexity index is 1320. The minimum absolute atomic E-state index is 0.216. The highest BCUT2D eigenvalue weighted by molar-refractivity contribution is 5.65. The molecule has 2 saturated carbocycles. The standard InChI is InChI=1S/C18H13F6N5O2/c19-17(20,21)15(1-2-15)9-5-10(8-6-25-14(31)27-13(8)30)28-29-7-11(26-12(9)29)16(3-4-16)18(22,23)24/h5-7H,1-4H2,(H2,25,27,30,31). The second-order valence-corrected chi connectivity index (χ2v) is 7.98. The second-order valence-electron chi connectivity index (χ2n) is 7.98. The van der Waals surface area contributed by atoms with Gasteiger partial charge < -0.3 is 4.98 Å². The molecule has 0 aromatic carbocycles. The van der Waals surface area contributed by atoms with E-state index in [2.05, 4.69) is 15.1 Å². The van der Waals surface area contributed by atoms with Gasteiger partial charge in [0.05, 0.1) is 28.6 Å². The van der Waals surface area contributed by atoms with Crippen LogP contribution in [-0.2, 0) is 10.8 Å². The molecule has 0 saturated heterocycles. The van der Waals surface area contributed by atoms with E-state index in [9.17, 15) is 35.9 Å². The number of imidazole rings is 1.